The monoisotopic (exact) mass is 272 g/mol. The average Bonchev–Trinajstić information content (AvgIpc) is 2.76. The van der Waals surface area contributed by atoms with Crippen molar-refractivity contribution in [1.82, 2.24) is 4.90 Å². The van der Waals surface area contributed by atoms with Gasteiger partial charge in [0.2, 0.25) is 0 Å². The second kappa shape index (κ2) is 6.95. The van der Waals surface area contributed by atoms with Crippen LogP contribution in [-0.2, 0) is 4.79 Å². The lowest BCUT2D eigenvalue weighted by Crippen LogP contribution is -2.40. The van der Waals surface area contributed by atoms with Crippen molar-refractivity contribution < 1.29 is 9.53 Å². The lowest BCUT2D eigenvalue weighted by molar-refractivity contribution is -0.137. The van der Waals surface area contributed by atoms with Crippen molar-refractivity contribution in [2.75, 3.05) is 13.1 Å². The number of rotatable bonds is 3. The van der Waals surface area contributed by atoms with Gasteiger partial charge in [-0.15, -0.1) is 0 Å². The van der Waals surface area contributed by atoms with Crippen LogP contribution in [-0.4, -0.2) is 30.0 Å². The van der Waals surface area contributed by atoms with E-state index in [1.165, 1.54) is 12.8 Å². The van der Waals surface area contributed by atoms with E-state index in [1.54, 1.807) is 31.2 Å². The summed E-state index contributed by atoms with van der Waals surface area (Å²) in [6.07, 6.45) is 4.08. The molecule has 1 aromatic rings. The number of nitrogens with zero attached hydrogens (tertiary/aromatic N) is 2. The van der Waals surface area contributed by atoms with Crippen molar-refractivity contribution in [3.8, 4) is 11.8 Å². The van der Waals surface area contributed by atoms with E-state index in [9.17, 15) is 4.79 Å². The van der Waals surface area contributed by atoms with Crippen LogP contribution in [0.25, 0.3) is 0 Å². The molecule has 20 heavy (non-hydrogen) atoms. The third kappa shape index (κ3) is 3.74. The van der Waals surface area contributed by atoms with E-state index < -0.39 is 6.10 Å². The lowest BCUT2D eigenvalue weighted by atomic mass is 10.2. The summed E-state index contributed by atoms with van der Waals surface area (Å²) in [4.78, 5) is 14.2. The molecule has 1 saturated heterocycles. The molecule has 0 unspecified atom stereocenters. The van der Waals surface area contributed by atoms with E-state index in [4.69, 9.17) is 10.00 Å². The van der Waals surface area contributed by atoms with Crippen LogP contribution >= 0.6 is 0 Å². The zero-order chi connectivity index (χ0) is 14.4. The molecule has 0 saturated carbocycles. The zero-order valence-electron chi connectivity index (χ0n) is 11.8. The van der Waals surface area contributed by atoms with E-state index in [2.05, 4.69) is 6.07 Å². The second-order valence-electron chi connectivity index (χ2n) is 5.14. The van der Waals surface area contributed by atoms with E-state index in [0.29, 0.717) is 11.3 Å². The van der Waals surface area contributed by atoms with Gasteiger partial charge in [0.15, 0.2) is 6.10 Å². The normalized spacial score (nSPS) is 16.9. The van der Waals surface area contributed by atoms with E-state index in [-0.39, 0.29) is 5.91 Å². The Morgan fingerprint density at radius 3 is 2.35 bits per heavy atom. The number of carbonyl (C=O) groups excluding carboxylic acids is 1. The fourth-order valence-corrected chi connectivity index (χ4v) is 2.41. The number of hydrogen-bond acceptors (Lipinski definition) is 3. The number of ether oxygens (including phenoxy) is 1. The molecule has 1 fully saturated rings. The number of nitriles is 1. The van der Waals surface area contributed by atoms with Gasteiger partial charge in [0.05, 0.1) is 11.6 Å². The zero-order valence-corrected chi connectivity index (χ0v) is 11.8. The molecular formula is C16H20N2O2. The van der Waals surface area contributed by atoms with Gasteiger partial charge in [-0.1, -0.05) is 12.8 Å². The maximum atomic E-state index is 12.3. The molecule has 1 amide bonds. The Morgan fingerprint density at radius 1 is 1.20 bits per heavy atom. The van der Waals surface area contributed by atoms with E-state index in [1.807, 2.05) is 4.90 Å². The molecule has 4 nitrogen and oxygen atoms in total. The van der Waals surface area contributed by atoms with Gasteiger partial charge in [-0.3, -0.25) is 4.79 Å². The van der Waals surface area contributed by atoms with Crippen LogP contribution < -0.4 is 4.74 Å². The fraction of sp³-hybridized carbons (Fsp3) is 0.500. The predicted octanol–water partition coefficient (Wildman–Crippen LogP) is 2.73. The van der Waals surface area contributed by atoms with Crippen molar-refractivity contribution in [1.29, 1.82) is 5.26 Å². The van der Waals surface area contributed by atoms with Crippen LogP contribution in [0.1, 0.15) is 38.2 Å². The van der Waals surface area contributed by atoms with Gasteiger partial charge in [0, 0.05) is 13.1 Å². The summed E-state index contributed by atoms with van der Waals surface area (Å²) >= 11 is 0. The number of benzene rings is 1. The third-order valence-corrected chi connectivity index (χ3v) is 3.56. The highest BCUT2D eigenvalue weighted by atomic mass is 16.5. The van der Waals surface area contributed by atoms with E-state index >= 15 is 0 Å². The lowest BCUT2D eigenvalue weighted by Gasteiger charge is -2.24. The van der Waals surface area contributed by atoms with Gasteiger partial charge in [0.25, 0.3) is 5.91 Å². The molecule has 0 aromatic heterocycles. The Bertz CT molecular complexity index is 482. The Labute approximate surface area is 120 Å². The predicted molar refractivity (Wildman–Crippen MR) is 76.3 cm³/mol. The molecule has 0 bridgehead atoms. The number of likely N-dealkylation sites (tertiary alicyclic amines) is 1. The summed E-state index contributed by atoms with van der Waals surface area (Å²) in [5, 5.41) is 8.74. The largest absolute Gasteiger partial charge is 0.481 e. The molecule has 2 rings (SSSR count). The summed E-state index contributed by atoms with van der Waals surface area (Å²) in [7, 11) is 0. The van der Waals surface area contributed by atoms with Gasteiger partial charge in [-0.25, -0.2) is 0 Å². The van der Waals surface area contributed by atoms with Gasteiger partial charge >= 0.3 is 0 Å². The molecule has 4 heteroatoms. The minimum atomic E-state index is -0.485. The summed E-state index contributed by atoms with van der Waals surface area (Å²) in [6, 6.07) is 8.90. The van der Waals surface area contributed by atoms with Crippen LogP contribution in [0.4, 0.5) is 0 Å². The van der Waals surface area contributed by atoms with Crippen molar-refractivity contribution in [2.45, 2.75) is 38.7 Å². The maximum Gasteiger partial charge on any atom is 0.263 e. The molecule has 1 aliphatic rings. The number of amides is 1. The molecule has 1 atom stereocenters. The van der Waals surface area contributed by atoms with Crippen LogP contribution in [0, 0.1) is 11.3 Å². The summed E-state index contributed by atoms with van der Waals surface area (Å²) in [6.45, 7) is 3.45. The smallest absolute Gasteiger partial charge is 0.263 e. The molecule has 1 heterocycles. The first-order chi connectivity index (χ1) is 9.70. The topological polar surface area (TPSA) is 53.3 Å². The van der Waals surface area contributed by atoms with Crippen molar-refractivity contribution in [3.63, 3.8) is 0 Å². The standard InChI is InChI=1S/C16H20N2O2/c1-13(16(19)18-10-4-2-3-5-11-18)20-15-8-6-14(12-17)7-9-15/h6-9,13H,2-5,10-11H2,1H3/t13-/m1/s1. The summed E-state index contributed by atoms with van der Waals surface area (Å²) in [5.41, 5.74) is 0.587. The van der Waals surface area contributed by atoms with Crippen molar-refractivity contribution >= 4 is 5.91 Å². The fourth-order valence-electron chi connectivity index (χ4n) is 2.41. The van der Waals surface area contributed by atoms with Gasteiger partial charge < -0.3 is 9.64 Å². The molecule has 0 spiro atoms. The molecule has 1 aliphatic heterocycles. The molecule has 0 aliphatic carbocycles. The first-order valence-corrected chi connectivity index (χ1v) is 7.16. The van der Waals surface area contributed by atoms with Crippen LogP contribution in [0.15, 0.2) is 24.3 Å². The first kappa shape index (κ1) is 14.4. The van der Waals surface area contributed by atoms with Gasteiger partial charge in [-0.2, -0.15) is 5.26 Å². The minimum Gasteiger partial charge on any atom is -0.481 e. The quantitative estimate of drug-likeness (QED) is 0.850. The van der Waals surface area contributed by atoms with Gasteiger partial charge in [0.1, 0.15) is 5.75 Å². The van der Waals surface area contributed by atoms with Crippen LogP contribution in [0.5, 0.6) is 5.75 Å². The van der Waals surface area contributed by atoms with Crippen molar-refractivity contribution in [2.24, 2.45) is 0 Å². The highest BCUT2D eigenvalue weighted by Crippen LogP contribution is 2.16. The molecule has 0 radical (unpaired) electrons. The Balaban J connectivity index is 1.94. The van der Waals surface area contributed by atoms with Gasteiger partial charge in [-0.05, 0) is 44.0 Å². The Morgan fingerprint density at radius 2 is 1.80 bits per heavy atom. The Kier molecular flexibility index (Phi) is 5.00. The SMILES string of the molecule is C[C@@H](Oc1ccc(C#N)cc1)C(=O)N1CCCCCC1. The third-order valence-electron chi connectivity index (χ3n) is 3.56. The highest BCUT2D eigenvalue weighted by molar-refractivity contribution is 5.80. The molecular weight excluding hydrogens is 252 g/mol. The summed E-state index contributed by atoms with van der Waals surface area (Å²) < 4.78 is 5.67. The number of hydrogen-bond donors (Lipinski definition) is 0. The molecule has 1 aromatic carbocycles. The van der Waals surface area contributed by atoms with Crippen molar-refractivity contribution in [3.05, 3.63) is 29.8 Å². The van der Waals surface area contributed by atoms with Crippen LogP contribution in [0.2, 0.25) is 0 Å². The Hall–Kier alpha value is -2.02. The van der Waals surface area contributed by atoms with E-state index in [0.717, 1.165) is 25.9 Å². The first-order valence-electron chi connectivity index (χ1n) is 7.16. The maximum absolute atomic E-state index is 12.3. The number of carbonyl (C=O) groups is 1. The summed E-state index contributed by atoms with van der Waals surface area (Å²) in [5.74, 6) is 0.677. The highest BCUT2D eigenvalue weighted by Gasteiger charge is 2.22. The average molecular weight is 272 g/mol. The van der Waals surface area contributed by atoms with Crippen LogP contribution in [0.3, 0.4) is 0 Å². The molecule has 0 N–H and O–H groups in total. The second-order valence-corrected chi connectivity index (χ2v) is 5.14. The molecule has 106 valence electrons. The minimum absolute atomic E-state index is 0.0521.